The fourth-order valence-corrected chi connectivity index (χ4v) is 4.00. The van der Waals surface area contributed by atoms with E-state index < -0.39 is 0 Å². The third kappa shape index (κ3) is 2.70. The Labute approximate surface area is 159 Å². The number of nitrogens with two attached hydrogens (primary N) is 1. The maximum absolute atomic E-state index is 13.4. The lowest BCUT2D eigenvalue weighted by atomic mass is 9.71. The predicted molar refractivity (Wildman–Crippen MR) is 109 cm³/mol. The highest BCUT2D eigenvalue weighted by Crippen LogP contribution is 2.47. The minimum absolute atomic E-state index is 0.0356. The SMILES string of the molecule is CN(C)CCOc1cccc2c1C(C)(C)c1[nH]c3cc(N)ccc3c1C2=O. The molecule has 0 saturated carbocycles. The van der Waals surface area contributed by atoms with Crippen molar-refractivity contribution in [3.8, 4) is 5.75 Å². The Hall–Kier alpha value is -2.79. The van der Waals surface area contributed by atoms with E-state index in [2.05, 4.69) is 23.7 Å². The Kier molecular flexibility index (Phi) is 4.00. The zero-order valence-corrected chi connectivity index (χ0v) is 16.2. The molecular weight excluding hydrogens is 338 g/mol. The van der Waals surface area contributed by atoms with Crippen molar-refractivity contribution in [1.29, 1.82) is 0 Å². The van der Waals surface area contributed by atoms with Gasteiger partial charge in [0, 0.05) is 45.4 Å². The molecule has 2 aromatic carbocycles. The van der Waals surface area contributed by atoms with Crippen LogP contribution in [0.5, 0.6) is 5.75 Å². The summed E-state index contributed by atoms with van der Waals surface area (Å²) in [5, 5.41) is 0.918. The molecule has 1 aliphatic carbocycles. The number of carbonyl (C=O) groups excluding carboxylic acids is 1. The maximum Gasteiger partial charge on any atom is 0.195 e. The Balaban J connectivity index is 1.88. The van der Waals surface area contributed by atoms with Gasteiger partial charge in [0.15, 0.2) is 5.78 Å². The number of fused-ring (bicyclic) bond motifs is 4. The van der Waals surface area contributed by atoms with Gasteiger partial charge in [0.1, 0.15) is 12.4 Å². The molecule has 0 atom stereocenters. The smallest absolute Gasteiger partial charge is 0.195 e. The van der Waals surface area contributed by atoms with Crippen LogP contribution >= 0.6 is 0 Å². The van der Waals surface area contributed by atoms with E-state index in [0.717, 1.165) is 40.0 Å². The first-order valence-corrected chi connectivity index (χ1v) is 9.18. The van der Waals surface area contributed by atoms with Crippen LogP contribution in [0.3, 0.4) is 0 Å². The number of likely N-dealkylation sites (N-methyl/N-ethyl adjacent to an activating group) is 1. The highest BCUT2D eigenvalue weighted by Gasteiger charge is 2.41. The summed E-state index contributed by atoms with van der Waals surface area (Å²) in [5.41, 5.74) is 10.4. The van der Waals surface area contributed by atoms with Crippen LogP contribution in [0.25, 0.3) is 10.9 Å². The summed E-state index contributed by atoms with van der Waals surface area (Å²) in [4.78, 5) is 18.9. The number of ether oxygens (including phenoxy) is 1. The first kappa shape index (κ1) is 17.6. The second-order valence-electron chi connectivity index (χ2n) is 7.96. The molecule has 1 aromatic heterocycles. The van der Waals surface area contributed by atoms with Crippen molar-refractivity contribution >= 4 is 22.4 Å². The number of benzene rings is 2. The minimum Gasteiger partial charge on any atom is -0.492 e. The summed E-state index contributed by atoms with van der Waals surface area (Å²) in [6, 6.07) is 11.4. The lowest BCUT2D eigenvalue weighted by Gasteiger charge is -2.33. The molecule has 0 fully saturated rings. The highest BCUT2D eigenvalue weighted by atomic mass is 16.5. The summed E-state index contributed by atoms with van der Waals surface area (Å²) in [7, 11) is 4.03. The molecule has 0 saturated heterocycles. The molecule has 0 amide bonds. The molecule has 27 heavy (non-hydrogen) atoms. The first-order chi connectivity index (χ1) is 12.8. The monoisotopic (exact) mass is 363 g/mol. The van der Waals surface area contributed by atoms with Crippen LogP contribution in [0, 0.1) is 0 Å². The molecule has 0 aliphatic heterocycles. The standard InChI is InChI=1S/C22H25N3O2/c1-22(2)19-15(6-5-7-17(19)27-11-10-25(3)4)20(26)18-14-9-8-13(23)12-16(14)24-21(18)22/h5-9,12,24H,10-11,23H2,1-4H3. The second-order valence-corrected chi connectivity index (χ2v) is 7.96. The molecule has 140 valence electrons. The Morgan fingerprint density at radius 3 is 2.70 bits per heavy atom. The molecule has 3 N–H and O–H groups in total. The summed E-state index contributed by atoms with van der Waals surface area (Å²) in [6.45, 7) is 5.65. The van der Waals surface area contributed by atoms with E-state index in [1.165, 1.54) is 0 Å². The van der Waals surface area contributed by atoms with Crippen molar-refractivity contribution in [2.45, 2.75) is 19.3 Å². The number of nitrogens with zero attached hydrogens (tertiary/aromatic N) is 1. The Bertz CT molecular complexity index is 1050. The molecule has 4 rings (SSSR count). The molecule has 0 unspecified atom stereocenters. The van der Waals surface area contributed by atoms with E-state index in [4.69, 9.17) is 10.5 Å². The third-order valence-electron chi connectivity index (χ3n) is 5.37. The quantitative estimate of drug-likeness (QED) is 0.695. The Morgan fingerprint density at radius 1 is 1.19 bits per heavy atom. The van der Waals surface area contributed by atoms with E-state index >= 15 is 0 Å². The Morgan fingerprint density at radius 2 is 1.96 bits per heavy atom. The van der Waals surface area contributed by atoms with Gasteiger partial charge in [-0.05, 0) is 32.3 Å². The van der Waals surface area contributed by atoms with Gasteiger partial charge in [-0.2, -0.15) is 0 Å². The summed E-state index contributed by atoms with van der Waals surface area (Å²) < 4.78 is 6.08. The van der Waals surface area contributed by atoms with E-state index in [1.54, 1.807) is 0 Å². The average Bonchev–Trinajstić information content (AvgIpc) is 2.99. The summed E-state index contributed by atoms with van der Waals surface area (Å²) in [6.07, 6.45) is 0. The van der Waals surface area contributed by atoms with Gasteiger partial charge in [-0.3, -0.25) is 4.79 Å². The van der Waals surface area contributed by atoms with Crippen molar-refractivity contribution in [2.24, 2.45) is 0 Å². The van der Waals surface area contributed by atoms with Crippen LogP contribution in [0.15, 0.2) is 36.4 Å². The number of H-pyrrole nitrogens is 1. The van der Waals surface area contributed by atoms with Gasteiger partial charge in [0.2, 0.25) is 0 Å². The van der Waals surface area contributed by atoms with Crippen LogP contribution < -0.4 is 10.5 Å². The van der Waals surface area contributed by atoms with Crippen molar-refractivity contribution < 1.29 is 9.53 Å². The largest absolute Gasteiger partial charge is 0.492 e. The molecule has 3 aromatic rings. The maximum atomic E-state index is 13.4. The number of ketones is 1. The van der Waals surface area contributed by atoms with Gasteiger partial charge >= 0.3 is 0 Å². The number of aromatic nitrogens is 1. The molecule has 0 spiro atoms. The van der Waals surface area contributed by atoms with Crippen LogP contribution in [-0.2, 0) is 5.41 Å². The lowest BCUT2D eigenvalue weighted by molar-refractivity contribution is 0.103. The number of nitrogen functional groups attached to an aromatic ring is 1. The molecule has 0 bridgehead atoms. The molecule has 5 heteroatoms. The van der Waals surface area contributed by atoms with Crippen LogP contribution in [-0.4, -0.2) is 42.9 Å². The second kappa shape index (κ2) is 6.13. The normalized spacial score (nSPS) is 15.1. The van der Waals surface area contributed by atoms with Crippen LogP contribution in [0.1, 0.15) is 41.0 Å². The van der Waals surface area contributed by atoms with Gasteiger partial charge in [0.25, 0.3) is 0 Å². The molecule has 5 nitrogen and oxygen atoms in total. The van der Waals surface area contributed by atoms with Gasteiger partial charge in [0.05, 0.1) is 5.56 Å². The molecule has 0 radical (unpaired) electrons. The predicted octanol–water partition coefficient (Wildman–Crippen LogP) is 3.56. The van der Waals surface area contributed by atoms with Gasteiger partial charge in [-0.25, -0.2) is 0 Å². The van der Waals surface area contributed by atoms with E-state index in [0.29, 0.717) is 17.9 Å². The summed E-state index contributed by atoms with van der Waals surface area (Å²) >= 11 is 0. The van der Waals surface area contributed by atoms with E-state index in [9.17, 15) is 4.79 Å². The van der Waals surface area contributed by atoms with Gasteiger partial charge in [-0.1, -0.05) is 32.0 Å². The first-order valence-electron chi connectivity index (χ1n) is 9.18. The van der Waals surface area contributed by atoms with Crippen LogP contribution in [0.4, 0.5) is 5.69 Å². The number of anilines is 1. The van der Waals surface area contributed by atoms with E-state index in [-0.39, 0.29) is 11.2 Å². The van der Waals surface area contributed by atoms with E-state index in [1.807, 2.05) is 50.5 Å². The van der Waals surface area contributed by atoms with Crippen molar-refractivity contribution in [1.82, 2.24) is 9.88 Å². The number of hydrogen-bond donors (Lipinski definition) is 2. The minimum atomic E-state index is -0.388. The van der Waals surface area contributed by atoms with Crippen molar-refractivity contribution in [3.05, 3.63) is 58.8 Å². The highest BCUT2D eigenvalue weighted by molar-refractivity contribution is 6.20. The number of hydrogen-bond acceptors (Lipinski definition) is 4. The lowest BCUT2D eigenvalue weighted by Crippen LogP contribution is -2.31. The number of nitrogens with one attached hydrogen (secondary N) is 1. The molecule has 1 aliphatic rings. The number of aromatic amines is 1. The fourth-order valence-electron chi connectivity index (χ4n) is 4.00. The van der Waals surface area contributed by atoms with Crippen LogP contribution in [0.2, 0.25) is 0 Å². The molecular formula is C22H25N3O2. The zero-order valence-electron chi connectivity index (χ0n) is 16.2. The van der Waals surface area contributed by atoms with Crippen molar-refractivity contribution in [2.75, 3.05) is 33.0 Å². The number of rotatable bonds is 4. The third-order valence-corrected chi connectivity index (χ3v) is 5.37. The molecule has 1 heterocycles. The topological polar surface area (TPSA) is 71.3 Å². The summed E-state index contributed by atoms with van der Waals surface area (Å²) in [5.74, 6) is 0.810. The average molecular weight is 363 g/mol. The number of carbonyl (C=O) groups is 1. The van der Waals surface area contributed by atoms with Gasteiger partial charge < -0.3 is 20.4 Å². The van der Waals surface area contributed by atoms with Gasteiger partial charge in [-0.15, -0.1) is 0 Å². The zero-order chi connectivity index (χ0) is 19.3. The fraction of sp³-hybridized carbons (Fsp3) is 0.318. The van der Waals surface area contributed by atoms with Crippen molar-refractivity contribution in [3.63, 3.8) is 0 Å².